The quantitative estimate of drug-likeness (QED) is 0.907. The van der Waals surface area contributed by atoms with Gasteiger partial charge in [0.25, 0.3) is 0 Å². The van der Waals surface area contributed by atoms with Crippen molar-refractivity contribution in [1.29, 1.82) is 0 Å². The summed E-state index contributed by atoms with van der Waals surface area (Å²) in [5, 5.41) is 0. The zero-order valence-corrected chi connectivity index (χ0v) is 14.7. The van der Waals surface area contributed by atoms with E-state index < -0.39 is 0 Å². The van der Waals surface area contributed by atoms with E-state index in [1.165, 1.54) is 11.1 Å². The zero-order valence-electron chi connectivity index (χ0n) is 13.2. The summed E-state index contributed by atoms with van der Waals surface area (Å²) >= 11 is 3.50. The van der Waals surface area contributed by atoms with Crippen LogP contribution in [0, 0.1) is 12.3 Å². The molecule has 1 aliphatic rings. The molecule has 21 heavy (non-hydrogen) atoms. The number of hydrogen-bond acceptors (Lipinski definition) is 2. The number of nitrogens with zero attached hydrogens (tertiary/aromatic N) is 1. The second-order valence-corrected chi connectivity index (χ2v) is 7.64. The highest BCUT2D eigenvalue weighted by Gasteiger charge is 2.34. The van der Waals surface area contributed by atoms with E-state index in [9.17, 15) is 4.79 Å². The van der Waals surface area contributed by atoms with Crippen molar-refractivity contribution in [2.24, 2.45) is 11.1 Å². The van der Waals surface area contributed by atoms with Gasteiger partial charge in [-0.2, -0.15) is 0 Å². The van der Waals surface area contributed by atoms with E-state index in [1.807, 2.05) is 4.90 Å². The molecule has 0 saturated carbocycles. The van der Waals surface area contributed by atoms with Crippen LogP contribution in [0.25, 0.3) is 0 Å². The molecule has 4 heteroatoms. The Kier molecular flexibility index (Phi) is 5.10. The number of halogens is 1. The first-order valence-electron chi connectivity index (χ1n) is 7.58. The maximum absolute atomic E-state index is 12.4. The molecule has 0 radical (unpaired) electrons. The van der Waals surface area contributed by atoms with Crippen LogP contribution < -0.4 is 5.73 Å². The van der Waals surface area contributed by atoms with Gasteiger partial charge in [0.1, 0.15) is 0 Å². The molecular formula is C17H25BrN2O. The van der Waals surface area contributed by atoms with E-state index in [0.717, 1.165) is 30.4 Å². The fraction of sp³-hybridized carbons (Fsp3) is 0.588. The maximum Gasteiger partial charge on any atom is 0.222 e. The fourth-order valence-electron chi connectivity index (χ4n) is 2.86. The zero-order chi connectivity index (χ0) is 15.6. The minimum absolute atomic E-state index is 0.0160. The van der Waals surface area contributed by atoms with Crippen LogP contribution in [0.3, 0.4) is 0 Å². The van der Waals surface area contributed by atoms with E-state index in [1.54, 1.807) is 0 Å². The third kappa shape index (κ3) is 4.07. The van der Waals surface area contributed by atoms with Gasteiger partial charge < -0.3 is 10.6 Å². The van der Waals surface area contributed by atoms with Crippen LogP contribution in [0.1, 0.15) is 37.8 Å². The molecule has 1 aromatic carbocycles. The monoisotopic (exact) mass is 352 g/mol. The molecule has 1 amide bonds. The molecule has 0 bridgehead atoms. The molecule has 2 rings (SSSR count). The van der Waals surface area contributed by atoms with Gasteiger partial charge in [0.05, 0.1) is 0 Å². The lowest BCUT2D eigenvalue weighted by atomic mass is 9.79. The lowest BCUT2D eigenvalue weighted by molar-refractivity contribution is -0.134. The van der Waals surface area contributed by atoms with E-state index in [0.29, 0.717) is 6.42 Å². The average molecular weight is 353 g/mol. The van der Waals surface area contributed by atoms with E-state index in [-0.39, 0.29) is 17.4 Å². The number of amides is 1. The molecule has 0 spiro atoms. The van der Waals surface area contributed by atoms with Gasteiger partial charge in [0.15, 0.2) is 0 Å². The standard InChI is InChI=1S/C17H25BrN2O/c1-12-10-13(4-6-14(12)18)5-7-16(21)20-9-8-15(19)17(2,3)11-20/h4,6,10,15H,5,7-9,11,19H2,1-3H3. The van der Waals surface area contributed by atoms with E-state index in [4.69, 9.17) is 5.73 Å². The Morgan fingerprint density at radius 3 is 2.81 bits per heavy atom. The van der Waals surface area contributed by atoms with Crippen molar-refractivity contribution in [2.45, 2.75) is 46.1 Å². The highest BCUT2D eigenvalue weighted by molar-refractivity contribution is 9.10. The Morgan fingerprint density at radius 1 is 1.48 bits per heavy atom. The second-order valence-electron chi connectivity index (χ2n) is 6.78. The number of carbonyl (C=O) groups is 1. The molecule has 1 aliphatic heterocycles. The largest absolute Gasteiger partial charge is 0.342 e. The Hall–Kier alpha value is -0.870. The molecule has 0 aliphatic carbocycles. The topological polar surface area (TPSA) is 46.3 Å². The normalized spacial score (nSPS) is 21.4. The van der Waals surface area contributed by atoms with Gasteiger partial charge in [-0.3, -0.25) is 4.79 Å². The van der Waals surface area contributed by atoms with Crippen molar-refractivity contribution < 1.29 is 4.79 Å². The third-order valence-corrected chi connectivity index (χ3v) is 5.40. The SMILES string of the molecule is Cc1cc(CCC(=O)N2CCC(N)C(C)(C)C2)ccc1Br. The van der Waals surface area contributed by atoms with Gasteiger partial charge in [0, 0.05) is 30.0 Å². The summed E-state index contributed by atoms with van der Waals surface area (Å²) in [5.41, 5.74) is 8.58. The lowest BCUT2D eigenvalue weighted by Gasteiger charge is -2.42. The number of benzene rings is 1. The number of rotatable bonds is 3. The molecule has 1 unspecified atom stereocenters. The molecule has 1 saturated heterocycles. The first kappa shape index (κ1) is 16.5. The Balaban J connectivity index is 1.91. The number of carbonyl (C=O) groups excluding carboxylic acids is 1. The van der Waals surface area contributed by atoms with Gasteiger partial charge in [0.2, 0.25) is 5.91 Å². The Labute approximate surface area is 136 Å². The fourth-order valence-corrected chi connectivity index (χ4v) is 3.11. The number of hydrogen-bond donors (Lipinski definition) is 1. The third-order valence-electron chi connectivity index (χ3n) is 4.51. The molecule has 116 valence electrons. The van der Waals surface area contributed by atoms with Crippen molar-refractivity contribution >= 4 is 21.8 Å². The summed E-state index contributed by atoms with van der Waals surface area (Å²) in [6.07, 6.45) is 2.28. The van der Waals surface area contributed by atoms with Crippen LogP contribution in [-0.2, 0) is 11.2 Å². The molecule has 1 heterocycles. The van der Waals surface area contributed by atoms with E-state index in [2.05, 4.69) is 54.9 Å². The minimum atomic E-state index is 0.0160. The number of likely N-dealkylation sites (tertiary alicyclic amines) is 1. The predicted molar refractivity (Wildman–Crippen MR) is 90.2 cm³/mol. The van der Waals surface area contributed by atoms with E-state index >= 15 is 0 Å². The molecular weight excluding hydrogens is 328 g/mol. The smallest absolute Gasteiger partial charge is 0.222 e. The number of nitrogens with two attached hydrogens (primary N) is 1. The van der Waals surface area contributed by atoms with Crippen LogP contribution >= 0.6 is 15.9 Å². The summed E-state index contributed by atoms with van der Waals surface area (Å²) < 4.78 is 1.12. The van der Waals surface area contributed by atoms with Crippen molar-refractivity contribution in [3.63, 3.8) is 0 Å². The van der Waals surface area contributed by atoms with Crippen molar-refractivity contribution in [3.05, 3.63) is 33.8 Å². The highest BCUT2D eigenvalue weighted by Crippen LogP contribution is 2.28. The highest BCUT2D eigenvalue weighted by atomic mass is 79.9. The van der Waals surface area contributed by atoms with Gasteiger partial charge >= 0.3 is 0 Å². The summed E-state index contributed by atoms with van der Waals surface area (Å²) in [7, 11) is 0. The van der Waals surface area contributed by atoms with Crippen LogP contribution in [0.2, 0.25) is 0 Å². The van der Waals surface area contributed by atoms with Gasteiger partial charge in [-0.15, -0.1) is 0 Å². The molecule has 3 nitrogen and oxygen atoms in total. The van der Waals surface area contributed by atoms with Crippen LogP contribution in [0.4, 0.5) is 0 Å². The molecule has 1 aromatic rings. The van der Waals surface area contributed by atoms with Crippen LogP contribution in [0.5, 0.6) is 0 Å². The van der Waals surface area contributed by atoms with Gasteiger partial charge in [-0.05, 0) is 42.4 Å². The first-order chi connectivity index (χ1) is 9.79. The van der Waals surface area contributed by atoms with Crippen molar-refractivity contribution in [1.82, 2.24) is 4.90 Å². The second kappa shape index (κ2) is 6.49. The van der Waals surface area contributed by atoms with Crippen molar-refractivity contribution in [2.75, 3.05) is 13.1 Å². The maximum atomic E-state index is 12.4. The summed E-state index contributed by atoms with van der Waals surface area (Å²) in [5.74, 6) is 0.246. The molecule has 2 N–H and O–H groups in total. The summed E-state index contributed by atoms with van der Waals surface area (Å²) in [4.78, 5) is 14.4. The Morgan fingerprint density at radius 2 is 2.19 bits per heavy atom. The molecule has 0 aromatic heterocycles. The van der Waals surface area contributed by atoms with Crippen LogP contribution in [0.15, 0.2) is 22.7 Å². The predicted octanol–water partition coefficient (Wildman–Crippen LogP) is 3.28. The van der Waals surface area contributed by atoms with Crippen LogP contribution in [-0.4, -0.2) is 29.9 Å². The minimum Gasteiger partial charge on any atom is -0.342 e. The molecule has 1 fully saturated rings. The molecule has 1 atom stereocenters. The Bertz CT molecular complexity index is 528. The summed E-state index contributed by atoms with van der Waals surface area (Å²) in [6, 6.07) is 6.47. The summed E-state index contributed by atoms with van der Waals surface area (Å²) in [6.45, 7) is 7.93. The average Bonchev–Trinajstić information content (AvgIpc) is 2.42. The van der Waals surface area contributed by atoms with Crippen molar-refractivity contribution in [3.8, 4) is 0 Å². The number of piperidine rings is 1. The van der Waals surface area contributed by atoms with Gasteiger partial charge in [-0.25, -0.2) is 0 Å². The van der Waals surface area contributed by atoms with Gasteiger partial charge in [-0.1, -0.05) is 41.9 Å². The number of aryl methyl sites for hydroxylation is 2. The first-order valence-corrected chi connectivity index (χ1v) is 8.37. The lowest BCUT2D eigenvalue weighted by Crippen LogP contribution is -2.54.